The average Bonchev–Trinajstić information content (AvgIpc) is 2.82. The van der Waals surface area contributed by atoms with E-state index < -0.39 is 0 Å². The Morgan fingerprint density at radius 3 is 2.56 bits per heavy atom. The quantitative estimate of drug-likeness (QED) is 0.888. The van der Waals surface area contributed by atoms with Crippen LogP contribution in [-0.4, -0.2) is 13.7 Å². The lowest BCUT2D eigenvalue weighted by Gasteiger charge is -2.17. The predicted molar refractivity (Wildman–Crippen MR) is 80.5 cm³/mol. The van der Waals surface area contributed by atoms with Crippen LogP contribution < -0.4 is 10.1 Å². The van der Waals surface area contributed by atoms with Crippen molar-refractivity contribution in [2.45, 2.75) is 13.0 Å². The Hall–Kier alpha value is -0.840. The number of methoxy groups -OCH3 is 1. The summed E-state index contributed by atoms with van der Waals surface area (Å²) in [7, 11) is 1.69. The smallest absolute Gasteiger partial charge is 0.118 e. The molecule has 18 heavy (non-hydrogen) atoms. The Kier molecular flexibility index (Phi) is 4.80. The molecule has 1 unspecified atom stereocenters. The van der Waals surface area contributed by atoms with Gasteiger partial charge >= 0.3 is 0 Å². The number of halogens is 1. The number of rotatable bonds is 5. The van der Waals surface area contributed by atoms with E-state index in [-0.39, 0.29) is 6.04 Å². The van der Waals surface area contributed by atoms with E-state index in [1.165, 1.54) is 10.4 Å². The van der Waals surface area contributed by atoms with Gasteiger partial charge in [0.15, 0.2) is 0 Å². The van der Waals surface area contributed by atoms with Gasteiger partial charge < -0.3 is 10.1 Å². The van der Waals surface area contributed by atoms with Crippen LogP contribution in [0.4, 0.5) is 0 Å². The van der Waals surface area contributed by atoms with Gasteiger partial charge in [-0.3, -0.25) is 0 Å². The zero-order valence-electron chi connectivity index (χ0n) is 10.4. The minimum atomic E-state index is 0.247. The van der Waals surface area contributed by atoms with Crippen molar-refractivity contribution in [3.63, 3.8) is 0 Å². The zero-order valence-corrected chi connectivity index (χ0v) is 12.8. The lowest BCUT2D eigenvalue weighted by Crippen LogP contribution is -2.20. The molecule has 0 bridgehead atoms. The molecule has 96 valence electrons. The summed E-state index contributed by atoms with van der Waals surface area (Å²) in [6.07, 6.45) is 0. The van der Waals surface area contributed by atoms with Gasteiger partial charge in [0, 0.05) is 14.7 Å². The maximum atomic E-state index is 5.19. The van der Waals surface area contributed by atoms with Gasteiger partial charge in [0.1, 0.15) is 5.75 Å². The molecule has 1 atom stereocenters. The van der Waals surface area contributed by atoms with E-state index in [2.05, 4.69) is 51.7 Å². The molecular formula is C14H16BrNOS. The molecule has 1 N–H and O–H groups in total. The molecule has 2 rings (SSSR count). The lowest BCUT2D eigenvalue weighted by atomic mass is 10.1. The van der Waals surface area contributed by atoms with Gasteiger partial charge in [-0.1, -0.05) is 19.1 Å². The first-order valence-corrected chi connectivity index (χ1v) is 7.53. The topological polar surface area (TPSA) is 21.3 Å². The van der Waals surface area contributed by atoms with Crippen molar-refractivity contribution in [2.75, 3.05) is 13.7 Å². The molecule has 0 saturated carbocycles. The minimum absolute atomic E-state index is 0.247. The van der Waals surface area contributed by atoms with Gasteiger partial charge in [0.2, 0.25) is 0 Å². The van der Waals surface area contributed by atoms with Crippen LogP contribution in [0.1, 0.15) is 23.4 Å². The van der Waals surface area contributed by atoms with E-state index in [4.69, 9.17) is 4.74 Å². The third-order valence-corrected chi connectivity index (χ3v) is 4.49. The fourth-order valence-corrected chi connectivity index (χ4v) is 3.41. The van der Waals surface area contributed by atoms with Crippen LogP contribution in [0.3, 0.4) is 0 Å². The summed E-state index contributed by atoms with van der Waals surface area (Å²) >= 11 is 5.27. The molecule has 0 spiro atoms. The maximum Gasteiger partial charge on any atom is 0.118 e. The van der Waals surface area contributed by atoms with E-state index in [1.807, 2.05) is 12.1 Å². The Morgan fingerprint density at radius 2 is 2.06 bits per heavy atom. The van der Waals surface area contributed by atoms with Crippen LogP contribution in [-0.2, 0) is 0 Å². The van der Waals surface area contributed by atoms with Gasteiger partial charge in [0.05, 0.1) is 13.2 Å². The van der Waals surface area contributed by atoms with E-state index in [0.29, 0.717) is 0 Å². The normalized spacial score (nSPS) is 12.4. The van der Waals surface area contributed by atoms with Crippen LogP contribution in [0.15, 0.2) is 40.2 Å². The highest BCUT2D eigenvalue weighted by Gasteiger charge is 2.14. The van der Waals surface area contributed by atoms with Gasteiger partial charge in [0.25, 0.3) is 0 Å². The molecule has 1 heterocycles. The highest BCUT2D eigenvalue weighted by atomic mass is 79.9. The Labute approximate surface area is 120 Å². The van der Waals surface area contributed by atoms with E-state index in [0.717, 1.165) is 16.8 Å². The van der Waals surface area contributed by atoms with Gasteiger partial charge in [-0.2, -0.15) is 0 Å². The molecule has 4 heteroatoms. The number of benzene rings is 1. The summed E-state index contributed by atoms with van der Waals surface area (Å²) < 4.78 is 6.33. The van der Waals surface area contributed by atoms with Crippen molar-refractivity contribution >= 4 is 27.3 Å². The fourth-order valence-electron chi connectivity index (χ4n) is 1.86. The second-order valence-corrected chi connectivity index (χ2v) is 5.79. The fraction of sp³-hybridized carbons (Fsp3) is 0.286. The first-order valence-electron chi connectivity index (χ1n) is 5.86. The average molecular weight is 326 g/mol. The summed E-state index contributed by atoms with van der Waals surface area (Å²) in [4.78, 5) is 1.31. The molecule has 2 nitrogen and oxygen atoms in total. The third kappa shape index (κ3) is 3.13. The molecule has 0 radical (unpaired) electrons. The number of nitrogens with one attached hydrogen (secondary N) is 1. The van der Waals surface area contributed by atoms with Crippen LogP contribution in [0.5, 0.6) is 5.75 Å². The van der Waals surface area contributed by atoms with Gasteiger partial charge in [-0.15, -0.1) is 11.3 Å². The molecule has 0 fully saturated rings. The number of thiophene rings is 1. The maximum absolute atomic E-state index is 5.19. The van der Waals surface area contributed by atoms with Crippen molar-refractivity contribution in [3.05, 3.63) is 50.6 Å². The highest BCUT2D eigenvalue weighted by molar-refractivity contribution is 9.10. The minimum Gasteiger partial charge on any atom is -0.497 e. The van der Waals surface area contributed by atoms with E-state index in [9.17, 15) is 0 Å². The molecule has 0 amide bonds. The van der Waals surface area contributed by atoms with Crippen molar-refractivity contribution in [2.24, 2.45) is 0 Å². The van der Waals surface area contributed by atoms with Crippen LogP contribution in [0.25, 0.3) is 0 Å². The number of hydrogen-bond donors (Lipinski definition) is 1. The van der Waals surface area contributed by atoms with Crippen molar-refractivity contribution in [3.8, 4) is 5.75 Å². The molecule has 1 aromatic heterocycles. The van der Waals surface area contributed by atoms with Crippen LogP contribution in [0.2, 0.25) is 0 Å². The predicted octanol–water partition coefficient (Wildman–Crippen LogP) is 4.22. The van der Waals surface area contributed by atoms with E-state index >= 15 is 0 Å². The Morgan fingerprint density at radius 1 is 1.33 bits per heavy atom. The lowest BCUT2D eigenvalue weighted by molar-refractivity contribution is 0.414. The summed E-state index contributed by atoms with van der Waals surface area (Å²) in [6.45, 7) is 3.06. The first kappa shape index (κ1) is 13.6. The van der Waals surface area contributed by atoms with Crippen LogP contribution in [0, 0.1) is 0 Å². The number of hydrogen-bond acceptors (Lipinski definition) is 3. The largest absolute Gasteiger partial charge is 0.497 e. The number of ether oxygens (including phenoxy) is 1. The standard InChI is InChI=1S/C14H16BrNOS/c1-3-16-14(13-8-11(15)9-18-13)10-4-6-12(17-2)7-5-10/h4-9,14,16H,3H2,1-2H3. The Balaban J connectivity index is 2.28. The highest BCUT2D eigenvalue weighted by Crippen LogP contribution is 2.30. The zero-order chi connectivity index (χ0) is 13.0. The molecule has 1 aromatic carbocycles. The van der Waals surface area contributed by atoms with Crippen molar-refractivity contribution < 1.29 is 4.74 Å². The van der Waals surface area contributed by atoms with Crippen molar-refractivity contribution in [1.82, 2.24) is 5.32 Å². The SMILES string of the molecule is CCNC(c1ccc(OC)cc1)c1cc(Br)cs1. The first-order chi connectivity index (χ1) is 8.74. The molecule has 0 aliphatic rings. The molecule has 2 aromatic rings. The van der Waals surface area contributed by atoms with Gasteiger partial charge in [-0.25, -0.2) is 0 Å². The van der Waals surface area contributed by atoms with Crippen LogP contribution >= 0.6 is 27.3 Å². The summed E-state index contributed by atoms with van der Waals surface area (Å²) in [5, 5.41) is 5.63. The van der Waals surface area contributed by atoms with Crippen molar-refractivity contribution in [1.29, 1.82) is 0 Å². The molecule has 0 saturated heterocycles. The second-order valence-electron chi connectivity index (χ2n) is 3.93. The molecule has 0 aliphatic carbocycles. The van der Waals surface area contributed by atoms with Gasteiger partial charge in [-0.05, 0) is 46.2 Å². The third-order valence-electron chi connectivity index (χ3n) is 2.73. The second kappa shape index (κ2) is 6.36. The molecule has 0 aliphatic heterocycles. The Bertz CT molecular complexity index is 495. The summed E-state index contributed by atoms with van der Waals surface area (Å²) in [5.41, 5.74) is 1.26. The molecular weight excluding hydrogens is 310 g/mol. The summed E-state index contributed by atoms with van der Waals surface area (Å²) in [5.74, 6) is 0.890. The van der Waals surface area contributed by atoms with E-state index in [1.54, 1.807) is 18.4 Å². The summed E-state index contributed by atoms with van der Waals surface area (Å²) in [6, 6.07) is 10.6. The monoisotopic (exact) mass is 325 g/mol.